The van der Waals surface area contributed by atoms with E-state index in [0.717, 1.165) is 0 Å². The zero-order valence-corrected chi connectivity index (χ0v) is 8.07. The lowest BCUT2D eigenvalue weighted by molar-refractivity contribution is -0.350. The van der Waals surface area contributed by atoms with Gasteiger partial charge in [0.2, 0.25) is 11.0 Å². The van der Waals surface area contributed by atoms with Gasteiger partial charge in [0.1, 0.15) is 0 Å². The first-order valence-electron chi connectivity index (χ1n) is 3.31. The van der Waals surface area contributed by atoms with E-state index in [0.29, 0.717) is 0 Å². The molecule has 0 aromatic rings. The molecule has 0 rings (SSSR count). The Morgan fingerprint density at radius 1 is 1.00 bits per heavy atom. The second kappa shape index (κ2) is 4.27. The molecule has 0 saturated carbocycles. The van der Waals surface area contributed by atoms with Gasteiger partial charge in [-0.2, -0.15) is 35.1 Å². The first kappa shape index (κ1) is 15.3. The zero-order valence-electron chi connectivity index (χ0n) is 7.31. The van der Waals surface area contributed by atoms with Gasteiger partial charge in [-0.25, -0.2) is 0 Å². The molecule has 0 aliphatic heterocycles. The van der Waals surface area contributed by atoms with E-state index in [-0.39, 0.29) is 7.11 Å². The third kappa shape index (κ3) is 2.33. The van der Waals surface area contributed by atoms with Crippen LogP contribution in [0.25, 0.3) is 0 Å². The van der Waals surface area contributed by atoms with Crippen LogP contribution in [0, 0.1) is 0 Å². The van der Waals surface area contributed by atoms with Crippen molar-refractivity contribution < 1.29 is 39.9 Å². The van der Waals surface area contributed by atoms with Gasteiger partial charge in [-0.1, -0.05) is 0 Å². The van der Waals surface area contributed by atoms with Crippen molar-refractivity contribution in [1.82, 2.24) is 0 Å². The third-order valence-electron chi connectivity index (χ3n) is 1.41. The first-order chi connectivity index (χ1) is 6.89. The largest absolute Gasteiger partial charge is 0.491 e. The Morgan fingerprint density at radius 2 is 1.38 bits per heavy atom. The highest BCUT2D eigenvalue weighted by molar-refractivity contribution is 6.28. The van der Waals surface area contributed by atoms with E-state index in [1.54, 1.807) is 0 Å². The molecule has 0 bridgehead atoms. The normalized spacial score (nSPS) is 15.9. The molecule has 0 saturated heterocycles. The monoisotopic (exact) mass is 278 g/mol. The van der Waals surface area contributed by atoms with Crippen LogP contribution in [-0.2, 0) is 4.74 Å². The number of hydrogen-bond acceptors (Lipinski definition) is 1. The van der Waals surface area contributed by atoms with Crippen molar-refractivity contribution in [2.75, 3.05) is 7.11 Å². The first-order valence-corrected chi connectivity index (χ1v) is 3.69. The van der Waals surface area contributed by atoms with Gasteiger partial charge in [-0.15, -0.1) is 0 Å². The SMILES string of the molecule is CO/C(=C(/F)Cl)C(F)(F)C(F)(F)C(F)(F)F. The zero-order chi connectivity index (χ0) is 13.4. The van der Waals surface area contributed by atoms with E-state index < -0.39 is 29.1 Å². The Hall–Kier alpha value is -0.730. The highest BCUT2D eigenvalue weighted by Crippen LogP contribution is 2.50. The fraction of sp³-hybridized carbons (Fsp3) is 0.667. The molecule has 0 radical (unpaired) electrons. The highest BCUT2D eigenvalue weighted by Gasteiger charge is 2.75. The van der Waals surface area contributed by atoms with Crippen molar-refractivity contribution in [2.24, 2.45) is 0 Å². The summed E-state index contributed by atoms with van der Waals surface area (Å²) in [5.41, 5.74) is 0. The van der Waals surface area contributed by atoms with Crippen molar-refractivity contribution in [1.29, 1.82) is 0 Å². The second-order valence-electron chi connectivity index (χ2n) is 2.44. The number of alkyl halides is 7. The maximum Gasteiger partial charge on any atom is 0.460 e. The van der Waals surface area contributed by atoms with Crippen molar-refractivity contribution in [3.05, 3.63) is 11.0 Å². The van der Waals surface area contributed by atoms with Gasteiger partial charge in [0, 0.05) is 0 Å². The summed E-state index contributed by atoms with van der Waals surface area (Å²) in [6.45, 7) is 0. The lowest BCUT2D eigenvalue weighted by Crippen LogP contribution is -2.53. The highest BCUT2D eigenvalue weighted by atomic mass is 35.5. The maximum absolute atomic E-state index is 12.6. The minimum Gasteiger partial charge on any atom is -0.491 e. The summed E-state index contributed by atoms with van der Waals surface area (Å²) in [5, 5.41) is -2.49. The summed E-state index contributed by atoms with van der Waals surface area (Å²) in [6.07, 6.45) is -6.58. The molecule has 0 aliphatic carbocycles. The minimum atomic E-state index is -6.58. The average Bonchev–Trinajstić information content (AvgIpc) is 2.01. The molecule has 1 nitrogen and oxygen atoms in total. The Morgan fingerprint density at radius 3 is 1.56 bits per heavy atom. The summed E-state index contributed by atoms with van der Waals surface area (Å²) in [4.78, 5) is 0. The number of rotatable bonds is 3. The van der Waals surface area contributed by atoms with E-state index in [4.69, 9.17) is 0 Å². The molecular weight excluding hydrogens is 276 g/mol. The third-order valence-corrected chi connectivity index (χ3v) is 1.58. The van der Waals surface area contributed by atoms with Crippen LogP contribution >= 0.6 is 11.6 Å². The predicted octanol–water partition coefficient (Wildman–Crippen LogP) is 3.84. The molecule has 96 valence electrons. The predicted molar refractivity (Wildman–Crippen MR) is 36.9 cm³/mol. The lowest BCUT2D eigenvalue weighted by Gasteiger charge is -2.28. The molecule has 0 aliphatic rings. The van der Waals surface area contributed by atoms with Gasteiger partial charge in [-0.3, -0.25) is 0 Å². The molecule has 0 spiro atoms. The molecule has 0 aromatic carbocycles. The van der Waals surface area contributed by atoms with Crippen molar-refractivity contribution in [2.45, 2.75) is 18.0 Å². The van der Waals surface area contributed by atoms with Crippen LogP contribution in [0.5, 0.6) is 0 Å². The summed E-state index contributed by atoms with van der Waals surface area (Å²) in [5.74, 6) is -15.0. The number of methoxy groups -OCH3 is 1. The average molecular weight is 279 g/mol. The van der Waals surface area contributed by atoms with E-state index >= 15 is 0 Å². The van der Waals surface area contributed by atoms with E-state index in [2.05, 4.69) is 16.3 Å². The quantitative estimate of drug-likeness (QED) is 0.563. The Labute approximate surface area is 88.6 Å². The molecule has 10 heteroatoms. The van der Waals surface area contributed by atoms with Crippen LogP contribution in [0.15, 0.2) is 11.0 Å². The van der Waals surface area contributed by atoms with Crippen LogP contribution < -0.4 is 0 Å². The maximum atomic E-state index is 12.6. The van der Waals surface area contributed by atoms with Gasteiger partial charge in [0.05, 0.1) is 7.11 Å². The van der Waals surface area contributed by atoms with Gasteiger partial charge in [0.15, 0.2) is 0 Å². The molecule has 0 fully saturated rings. The van der Waals surface area contributed by atoms with Gasteiger partial charge in [-0.05, 0) is 11.6 Å². The number of allylic oxidation sites excluding steroid dienone is 1. The molecule has 0 atom stereocenters. The fourth-order valence-corrected chi connectivity index (χ4v) is 0.840. The lowest BCUT2D eigenvalue weighted by atomic mass is 10.1. The second-order valence-corrected chi connectivity index (χ2v) is 2.77. The van der Waals surface area contributed by atoms with Gasteiger partial charge < -0.3 is 4.74 Å². The van der Waals surface area contributed by atoms with E-state index in [1.807, 2.05) is 0 Å². The van der Waals surface area contributed by atoms with Crippen LogP contribution in [0.4, 0.5) is 35.1 Å². The minimum absolute atomic E-state index is 0.275. The number of hydrogen-bond donors (Lipinski definition) is 0. The van der Waals surface area contributed by atoms with Crippen LogP contribution in [0.3, 0.4) is 0 Å². The summed E-state index contributed by atoms with van der Waals surface area (Å²) in [7, 11) is 0.275. The molecule has 0 aromatic heterocycles. The smallest absolute Gasteiger partial charge is 0.460 e. The number of ether oxygens (including phenoxy) is 1. The molecule has 0 amide bonds. The van der Waals surface area contributed by atoms with E-state index in [9.17, 15) is 35.1 Å². The summed E-state index contributed by atoms with van der Waals surface area (Å²) >= 11 is 4.29. The van der Waals surface area contributed by atoms with Crippen molar-refractivity contribution >= 4 is 11.6 Å². The van der Waals surface area contributed by atoms with Gasteiger partial charge in [0.25, 0.3) is 0 Å². The summed E-state index contributed by atoms with van der Waals surface area (Å²) in [6, 6.07) is 0. The van der Waals surface area contributed by atoms with Crippen molar-refractivity contribution in [3.8, 4) is 0 Å². The summed E-state index contributed by atoms with van der Waals surface area (Å²) < 4.78 is 100. The number of halogens is 9. The Balaban J connectivity index is 5.61. The molecule has 0 N–H and O–H groups in total. The Kier molecular flexibility index (Phi) is 4.07. The molecule has 0 unspecified atom stereocenters. The van der Waals surface area contributed by atoms with Crippen LogP contribution in [-0.4, -0.2) is 25.1 Å². The molecular formula is C6H3ClF8O. The van der Waals surface area contributed by atoms with Crippen LogP contribution in [0.2, 0.25) is 0 Å². The topological polar surface area (TPSA) is 9.23 Å². The fourth-order valence-electron chi connectivity index (χ4n) is 0.645. The standard InChI is InChI=1S/C6H3ClF8O/c1-16-2(3(7)8)4(9,10)5(11,12)6(13,14)15/h1H3/b3-2+. The Bertz CT molecular complexity index is 289. The van der Waals surface area contributed by atoms with Gasteiger partial charge >= 0.3 is 18.0 Å². The molecule has 16 heavy (non-hydrogen) atoms. The van der Waals surface area contributed by atoms with Crippen molar-refractivity contribution in [3.63, 3.8) is 0 Å². The molecule has 0 heterocycles. The van der Waals surface area contributed by atoms with Crippen LogP contribution in [0.1, 0.15) is 0 Å². The van der Waals surface area contributed by atoms with E-state index in [1.165, 1.54) is 0 Å².